The Kier molecular flexibility index (Phi) is 6.33. The molecule has 0 radical (unpaired) electrons. The molecular weight excluding hydrogens is 435 g/mol. The number of nitrogens with zero attached hydrogens (tertiary/aromatic N) is 2. The van der Waals surface area contributed by atoms with Crippen molar-refractivity contribution in [3.63, 3.8) is 0 Å². The summed E-state index contributed by atoms with van der Waals surface area (Å²) < 4.78 is 39.0. The lowest BCUT2D eigenvalue weighted by molar-refractivity contribution is -0.137. The molecule has 1 aliphatic carbocycles. The maximum Gasteiger partial charge on any atom is 0.416 e. The van der Waals surface area contributed by atoms with Crippen molar-refractivity contribution >= 4 is 17.2 Å². The second-order valence-electron chi connectivity index (χ2n) is 8.27. The fourth-order valence-corrected chi connectivity index (χ4v) is 5.33. The Morgan fingerprint density at radius 3 is 2.47 bits per heavy atom. The number of carbonyl (C=O) groups excluding carboxylic acids is 1. The molecule has 1 amide bonds. The quantitative estimate of drug-likeness (QED) is 0.497. The Hall–Kier alpha value is -2.74. The number of alkyl halides is 3. The van der Waals surface area contributed by atoms with E-state index in [4.69, 9.17) is 0 Å². The highest BCUT2D eigenvalue weighted by atomic mass is 32.1. The molecule has 1 aromatic carbocycles. The first-order chi connectivity index (χ1) is 15.3. The van der Waals surface area contributed by atoms with E-state index >= 15 is 0 Å². The van der Waals surface area contributed by atoms with Crippen molar-refractivity contribution in [2.75, 3.05) is 6.54 Å². The highest BCUT2D eigenvalue weighted by Crippen LogP contribution is 2.40. The van der Waals surface area contributed by atoms with Gasteiger partial charge in [0.05, 0.1) is 11.3 Å². The van der Waals surface area contributed by atoms with Crippen LogP contribution in [0.4, 0.5) is 13.2 Å². The molecule has 1 N–H and O–H groups in total. The van der Waals surface area contributed by atoms with Crippen molar-refractivity contribution in [2.45, 2.75) is 50.6 Å². The van der Waals surface area contributed by atoms with Crippen LogP contribution >= 0.6 is 11.3 Å². The van der Waals surface area contributed by atoms with Gasteiger partial charge in [-0.1, -0.05) is 31.4 Å². The van der Waals surface area contributed by atoms with Gasteiger partial charge in [0, 0.05) is 29.9 Å². The molecule has 0 saturated heterocycles. The topological polar surface area (TPSA) is 54.9 Å². The van der Waals surface area contributed by atoms with Crippen molar-refractivity contribution in [3.8, 4) is 10.6 Å². The number of thiazole rings is 1. The van der Waals surface area contributed by atoms with Gasteiger partial charge >= 0.3 is 6.18 Å². The predicted molar refractivity (Wildman–Crippen MR) is 119 cm³/mol. The summed E-state index contributed by atoms with van der Waals surface area (Å²) in [5.74, 6) is -0.202. The maximum absolute atomic E-state index is 13.0. The number of hydrogen-bond acceptors (Lipinski definition) is 4. The Balaban J connectivity index is 1.53. The molecule has 1 saturated carbocycles. The van der Waals surface area contributed by atoms with Gasteiger partial charge in [-0.2, -0.15) is 13.2 Å². The first-order valence-corrected chi connectivity index (χ1v) is 11.4. The second kappa shape index (κ2) is 9.02. The summed E-state index contributed by atoms with van der Waals surface area (Å²) >= 11 is 1.32. The van der Waals surface area contributed by atoms with Crippen LogP contribution in [-0.2, 0) is 11.6 Å². The molecule has 3 aromatic rings. The third-order valence-corrected chi connectivity index (χ3v) is 7.34. The van der Waals surface area contributed by atoms with E-state index in [1.165, 1.54) is 11.3 Å². The Labute approximate surface area is 188 Å². The van der Waals surface area contributed by atoms with E-state index in [0.717, 1.165) is 60.4 Å². The lowest BCUT2D eigenvalue weighted by atomic mass is 9.69. The molecule has 0 spiro atoms. The molecule has 0 bridgehead atoms. The average Bonchev–Trinajstić information content (AvgIpc) is 3.20. The molecule has 1 aliphatic rings. The van der Waals surface area contributed by atoms with Crippen LogP contribution in [0.25, 0.3) is 10.6 Å². The van der Waals surface area contributed by atoms with Crippen LogP contribution in [0, 0.1) is 6.92 Å². The number of amides is 1. The summed E-state index contributed by atoms with van der Waals surface area (Å²) in [6.45, 7) is 2.19. The molecule has 0 atom stereocenters. The molecule has 4 nitrogen and oxygen atoms in total. The number of carbonyl (C=O) groups is 1. The molecule has 0 unspecified atom stereocenters. The van der Waals surface area contributed by atoms with Crippen LogP contribution < -0.4 is 5.32 Å². The van der Waals surface area contributed by atoms with E-state index in [1.807, 2.05) is 12.1 Å². The molecule has 8 heteroatoms. The number of aromatic nitrogens is 2. The predicted octanol–water partition coefficient (Wildman–Crippen LogP) is 6.16. The van der Waals surface area contributed by atoms with Gasteiger partial charge in [-0.15, -0.1) is 11.3 Å². The summed E-state index contributed by atoms with van der Waals surface area (Å²) in [5, 5.41) is 3.78. The molecule has 168 valence electrons. The minimum Gasteiger partial charge on any atom is -0.350 e. The Bertz CT molecular complexity index is 1070. The van der Waals surface area contributed by atoms with E-state index in [0.29, 0.717) is 17.1 Å². The van der Waals surface area contributed by atoms with Crippen molar-refractivity contribution in [1.82, 2.24) is 15.3 Å². The van der Waals surface area contributed by atoms with Crippen molar-refractivity contribution in [2.24, 2.45) is 0 Å². The summed E-state index contributed by atoms with van der Waals surface area (Å²) in [6, 6.07) is 9.14. The smallest absolute Gasteiger partial charge is 0.350 e. The van der Waals surface area contributed by atoms with Crippen LogP contribution in [0.1, 0.15) is 58.6 Å². The molecule has 4 rings (SSSR count). The molecular formula is C24H24F3N3OS. The van der Waals surface area contributed by atoms with E-state index < -0.39 is 11.7 Å². The minimum atomic E-state index is -4.36. The summed E-state index contributed by atoms with van der Waals surface area (Å²) in [5.41, 5.74) is 1.34. The largest absolute Gasteiger partial charge is 0.416 e. The van der Waals surface area contributed by atoms with Gasteiger partial charge in [-0.25, -0.2) is 4.98 Å². The van der Waals surface area contributed by atoms with Gasteiger partial charge in [0.1, 0.15) is 9.88 Å². The normalized spacial score (nSPS) is 16.0. The van der Waals surface area contributed by atoms with Gasteiger partial charge in [-0.05, 0) is 49.6 Å². The SMILES string of the molecule is Cc1nc(-c2cccnc2)sc1C(=O)NCC1(c2ccc(C(F)(F)F)cc2)CCCCC1. The minimum absolute atomic E-state index is 0.202. The maximum atomic E-state index is 13.0. The van der Waals surface area contributed by atoms with E-state index in [2.05, 4.69) is 15.3 Å². The lowest BCUT2D eigenvalue weighted by Gasteiger charge is -2.38. The van der Waals surface area contributed by atoms with Gasteiger partial charge in [0.2, 0.25) is 0 Å². The average molecular weight is 460 g/mol. The zero-order valence-corrected chi connectivity index (χ0v) is 18.5. The Morgan fingerprint density at radius 2 is 1.84 bits per heavy atom. The number of halogens is 3. The van der Waals surface area contributed by atoms with E-state index in [-0.39, 0.29) is 11.3 Å². The zero-order chi connectivity index (χ0) is 22.8. The Morgan fingerprint density at radius 1 is 1.12 bits per heavy atom. The summed E-state index contributed by atoms with van der Waals surface area (Å²) in [6.07, 6.45) is 3.77. The second-order valence-corrected chi connectivity index (χ2v) is 9.27. The lowest BCUT2D eigenvalue weighted by Crippen LogP contribution is -2.42. The number of aryl methyl sites for hydroxylation is 1. The number of hydrogen-bond donors (Lipinski definition) is 1. The molecule has 32 heavy (non-hydrogen) atoms. The van der Waals surface area contributed by atoms with Crippen LogP contribution in [0.15, 0.2) is 48.8 Å². The van der Waals surface area contributed by atoms with Gasteiger partial charge in [0.25, 0.3) is 5.91 Å². The van der Waals surface area contributed by atoms with Crippen LogP contribution in [-0.4, -0.2) is 22.4 Å². The zero-order valence-electron chi connectivity index (χ0n) is 17.7. The fourth-order valence-electron chi connectivity index (χ4n) is 4.36. The van der Waals surface area contributed by atoms with Crippen LogP contribution in [0.2, 0.25) is 0 Å². The first kappa shape index (κ1) is 22.5. The molecule has 2 heterocycles. The standard InChI is InChI=1S/C24H24F3N3OS/c1-16-20(32-22(30-16)17-6-5-13-28-14-17)21(31)29-15-23(11-3-2-4-12-23)18-7-9-19(10-8-18)24(25,26)27/h5-10,13-14H,2-4,11-12,15H2,1H3,(H,29,31). The number of nitrogens with one attached hydrogen (secondary N) is 1. The van der Waals surface area contributed by atoms with E-state index in [1.54, 1.807) is 31.5 Å². The van der Waals surface area contributed by atoms with Crippen LogP contribution in [0.3, 0.4) is 0 Å². The number of rotatable bonds is 5. The third-order valence-electron chi connectivity index (χ3n) is 6.13. The molecule has 0 aliphatic heterocycles. The fraction of sp³-hybridized carbons (Fsp3) is 0.375. The highest BCUT2D eigenvalue weighted by Gasteiger charge is 2.36. The summed E-state index contributed by atoms with van der Waals surface area (Å²) in [7, 11) is 0. The van der Waals surface area contributed by atoms with Crippen LogP contribution in [0.5, 0.6) is 0 Å². The first-order valence-electron chi connectivity index (χ1n) is 10.6. The molecule has 2 aromatic heterocycles. The number of benzene rings is 1. The van der Waals surface area contributed by atoms with Gasteiger partial charge < -0.3 is 5.32 Å². The van der Waals surface area contributed by atoms with Crippen molar-refractivity contribution in [3.05, 3.63) is 70.5 Å². The third kappa shape index (κ3) is 4.70. The molecule has 1 fully saturated rings. The number of pyridine rings is 1. The van der Waals surface area contributed by atoms with Crippen molar-refractivity contribution < 1.29 is 18.0 Å². The van der Waals surface area contributed by atoms with Gasteiger partial charge in [0.15, 0.2) is 0 Å². The monoisotopic (exact) mass is 459 g/mol. The van der Waals surface area contributed by atoms with Crippen molar-refractivity contribution in [1.29, 1.82) is 0 Å². The highest BCUT2D eigenvalue weighted by molar-refractivity contribution is 7.17. The summed E-state index contributed by atoms with van der Waals surface area (Å²) in [4.78, 5) is 22.2. The van der Waals surface area contributed by atoms with E-state index in [9.17, 15) is 18.0 Å². The van der Waals surface area contributed by atoms with Gasteiger partial charge in [-0.3, -0.25) is 9.78 Å².